The van der Waals surface area contributed by atoms with Crippen molar-refractivity contribution < 1.29 is 0 Å². The molecule has 0 atom stereocenters. The molecule has 1 aliphatic rings. The smallest absolute Gasteiger partial charge is 0.0870 e. The summed E-state index contributed by atoms with van der Waals surface area (Å²) in [5.41, 5.74) is 8.10. The minimum absolute atomic E-state index is 0.579. The van der Waals surface area contributed by atoms with Crippen LogP contribution in [0.2, 0.25) is 0 Å². The molecule has 0 radical (unpaired) electrons. The molecule has 1 aliphatic carbocycles. The number of nitrogens with zero attached hydrogens (tertiary/aromatic N) is 2. The molecule has 98 valence electrons. The van der Waals surface area contributed by atoms with Gasteiger partial charge in [0, 0.05) is 25.3 Å². The Labute approximate surface area is 114 Å². The first-order valence-corrected chi connectivity index (χ1v) is 7.00. The van der Waals surface area contributed by atoms with Crippen molar-refractivity contribution in [2.24, 2.45) is 5.73 Å². The largest absolute Gasteiger partial charge is 0.392 e. The number of nitrogens with two attached hydrogens (primary N) is 1. The second-order valence-electron chi connectivity index (χ2n) is 5.08. The highest BCUT2D eigenvalue weighted by molar-refractivity contribution is 7.80. The quantitative estimate of drug-likeness (QED) is 0.829. The van der Waals surface area contributed by atoms with Gasteiger partial charge in [-0.05, 0) is 31.4 Å². The Morgan fingerprint density at radius 2 is 2.22 bits per heavy atom. The summed E-state index contributed by atoms with van der Waals surface area (Å²) in [6.45, 7) is 3.67. The number of thiocarbonyl (C=S) groups is 1. The van der Waals surface area contributed by atoms with E-state index in [0.717, 1.165) is 12.2 Å². The number of pyridine rings is 1. The predicted molar refractivity (Wildman–Crippen MR) is 78.4 cm³/mol. The normalized spacial score (nSPS) is 16.3. The SMILES string of the molecule is Cc1cccnc1CN(CC(N)=S)C1CCCC1. The van der Waals surface area contributed by atoms with E-state index in [0.29, 0.717) is 17.6 Å². The Kier molecular flexibility index (Phi) is 4.66. The van der Waals surface area contributed by atoms with Crippen molar-refractivity contribution in [3.05, 3.63) is 29.6 Å². The predicted octanol–water partition coefficient (Wildman–Crippen LogP) is 2.42. The van der Waals surface area contributed by atoms with Crippen LogP contribution in [-0.2, 0) is 6.54 Å². The third-order valence-corrected chi connectivity index (χ3v) is 3.80. The number of rotatable bonds is 5. The fraction of sp³-hybridized carbons (Fsp3) is 0.571. The Morgan fingerprint density at radius 3 is 2.83 bits per heavy atom. The Bertz CT molecular complexity index is 413. The van der Waals surface area contributed by atoms with E-state index in [1.165, 1.54) is 31.2 Å². The zero-order chi connectivity index (χ0) is 13.0. The zero-order valence-corrected chi connectivity index (χ0v) is 11.7. The van der Waals surface area contributed by atoms with E-state index in [9.17, 15) is 0 Å². The van der Waals surface area contributed by atoms with Gasteiger partial charge in [0.15, 0.2) is 0 Å². The summed E-state index contributed by atoms with van der Waals surface area (Å²) in [6, 6.07) is 4.70. The number of aryl methyl sites for hydroxylation is 1. The first-order chi connectivity index (χ1) is 8.66. The third kappa shape index (κ3) is 3.50. The van der Waals surface area contributed by atoms with Crippen LogP contribution in [0, 0.1) is 6.92 Å². The van der Waals surface area contributed by atoms with Crippen LogP contribution in [0.3, 0.4) is 0 Å². The maximum absolute atomic E-state index is 5.72. The van der Waals surface area contributed by atoms with Gasteiger partial charge in [-0.1, -0.05) is 31.1 Å². The number of hydrogen-bond acceptors (Lipinski definition) is 3. The standard InChI is InChI=1S/C14H21N3S/c1-11-5-4-8-16-13(11)9-17(10-14(15)18)12-6-2-3-7-12/h4-5,8,12H,2-3,6-7,9-10H2,1H3,(H2,15,18). The van der Waals surface area contributed by atoms with Gasteiger partial charge in [-0.2, -0.15) is 0 Å². The van der Waals surface area contributed by atoms with Gasteiger partial charge < -0.3 is 5.73 Å². The number of aromatic nitrogens is 1. The zero-order valence-electron chi connectivity index (χ0n) is 10.9. The van der Waals surface area contributed by atoms with Gasteiger partial charge in [-0.25, -0.2) is 0 Å². The Morgan fingerprint density at radius 1 is 1.50 bits per heavy atom. The monoisotopic (exact) mass is 263 g/mol. The molecule has 0 amide bonds. The lowest BCUT2D eigenvalue weighted by atomic mass is 10.1. The lowest BCUT2D eigenvalue weighted by Crippen LogP contribution is -2.39. The molecule has 0 bridgehead atoms. The lowest BCUT2D eigenvalue weighted by molar-refractivity contribution is 0.216. The van der Waals surface area contributed by atoms with E-state index in [1.807, 2.05) is 12.3 Å². The fourth-order valence-electron chi connectivity index (χ4n) is 2.66. The summed E-state index contributed by atoms with van der Waals surface area (Å²) in [4.78, 5) is 7.44. The van der Waals surface area contributed by atoms with Crippen LogP contribution in [0.5, 0.6) is 0 Å². The van der Waals surface area contributed by atoms with Crippen molar-refractivity contribution in [1.29, 1.82) is 0 Å². The highest BCUT2D eigenvalue weighted by Gasteiger charge is 2.23. The van der Waals surface area contributed by atoms with Crippen LogP contribution in [0.25, 0.3) is 0 Å². The highest BCUT2D eigenvalue weighted by Crippen LogP contribution is 2.24. The Balaban J connectivity index is 2.09. The van der Waals surface area contributed by atoms with Gasteiger partial charge in [0.25, 0.3) is 0 Å². The van der Waals surface area contributed by atoms with Gasteiger partial charge in [0.1, 0.15) is 0 Å². The maximum Gasteiger partial charge on any atom is 0.0870 e. The van der Waals surface area contributed by atoms with Crippen molar-refractivity contribution in [3.63, 3.8) is 0 Å². The van der Waals surface area contributed by atoms with Gasteiger partial charge >= 0.3 is 0 Å². The van der Waals surface area contributed by atoms with E-state index in [4.69, 9.17) is 18.0 Å². The van der Waals surface area contributed by atoms with Crippen LogP contribution < -0.4 is 5.73 Å². The first kappa shape index (κ1) is 13.4. The molecule has 1 aromatic rings. The molecule has 0 unspecified atom stereocenters. The van der Waals surface area contributed by atoms with Gasteiger partial charge in [-0.3, -0.25) is 9.88 Å². The van der Waals surface area contributed by atoms with Crippen LogP contribution >= 0.6 is 12.2 Å². The summed E-state index contributed by atoms with van der Waals surface area (Å²) in [7, 11) is 0. The number of hydrogen-bond donors (Lipinski definition) is 1. The molecule has 3 nitrogen and oxygen atoms in total. The van der Waals surface area contributed by atoms with Gasteiger partial charge in [0.2, 0.25) is 0 Å². The van der Waals surface area contributed by atoms with Crippen molar-refractivity contribution in [2.75, 3.05) is 6.54 Å². The average Bonchev–Trinajstić information content (AvgIpc) is 2.84. The minimum Gasteiger partial charge on any atom is -0.392 e. The molecule has 0 spiro atoms. The van der Waals surface area contributed by atoms with E-state index in [-0.39, 0.29) is 0 Å². The highest BCUT2D eigenvalue weighted by atomic mass is 32.1. The maximum atomic E-state index is 5.72. The second-order valence-corrected chi connectivity index (χ2v) is 5.60. The average molecular weight is 263 g/mol. The minimum atomic E-state index is 0.579. The molecule has 1 saturated carbocycles. The van der Waals surface area contributed by atoms with Crippen molar-refractivity contribution >= 4 is 17.2 Å². The van der Waals surface area contributed by atoms with Crippen LogP contribution in [0.15, 0.2) is 18.3 Å². The molecule has 2 N–H and O–H groups in total. The van der Waals surface area contributed by atoms with E-state index in [2.05, 4.69) is 22.9 Å². The second kappa shape index (κ2) is 6.25. The van der Waals surface area contributed by atoms with E-state index < -0.39 is 0 Å². The molecule has 0 aromatic carbocycles. The third-order valence-electron chi connectivity index (χ3n) is 3.67. The van der Waals surface area contributed by atoms with Crippen molar-refractivity contribution in [3.8, 4) is 0 Å². The van der Waals surface area contributed by atoms with E-state index >= 15 is 0 Å². The first-order valence-electron chi connectivity index (χ1n) is 6.59. The molecule has 0 aliphatic heterocycles. The summed E-state index contributed by atoms with van der Waals surface area (Å²) in [6.07, 6.45) is 7.01. The van der Waals surface area contributed by atoms with Crippen molar-refractivity contribution in [1.82, 2.24) is 9.88 Å². The molecular weight excluding hydrogens is 242 g/mol. The molecule has 1 aromatic heterocycles. The molecule has 2 rings (SSSR count). The molecule has 1 fully saturated rings. The lowest BCUT2D eigenvalue weighted by Gasteiger charge is -2.28. The molecule has 18 heavy (non-hydrogen) atoms. The van der Waals surface area contributed by atoms with Crippen molar-refractivity contribution in [2.45, 2.75) is 45.2 Å². The van der Waals surface area contributed by atoms with Crippen LogP contribution in [0.4, 0.5) is 0 Å². The molecular formula is C14H21N3S. The molecule has 4 heteroatoms. The van der Waals surface area contributed by atoms with Crippen LogP contribution in [-0.4, -0.2) is 27.5 Å². The van der Waals surface area contributed by atoms with E-state index in [1.54, 1.807) is 0 Å². The van der Waals surface area contributed by atoms with Gasteiger partial charge in [-0.15, -0.1) is 0 Å². The van der Waals surface area contributed by atoms with Crippen LogP contribution in [0.1, 0.15) is 36.9 Å². The summed E-state index contributed by atoms with van der Waals surface area (Å²) < 4.78 is 0. The van der Waals surface area contributed by atoms with Gasteiger partial charge in [0.05, 0.1) is 10.7 Å². The summed E-state index contributed by atoms with van der Waals surface area (Å²) in [5, 5.41) is 0. The fourth-order valence-corrected chi connectivity index (χ4v) is 2.83. The molecule has 0 saturated heterocycles. The summed E-state index contributed by atoms with van der Waals surface area (Å²) in [5.74, 6) is 0. The Hall–Kier alpha value is -1.00. The molecule has 1 heterocycles. The topological polar surface area (TPSA) is 42.2 Å². The summed E-state index contributed by atoms with van der Waals surface area (Å²) >= 11 is 5.07.